The number of phenols is 1. The summed E-state index contributed by atoms with van der Waals surface area (Å²) in [4.78, 5) is 13.5. The second-order valence-corrected chi connectivity index (χ2v) is 4.20. The molecule has 0 radical (unpaired) electrons. The van der Waals surface area contributed by atoms with E-state index in [0.29, 0.717) is 16.9 Å². The van der Waals surface area contributed by atoms with Crippen LogP contribution in [0.1, 0.15) is 5.56 Å². The second-order valence-electron chi connectivity index (χ2n) is 4.20. The van der Waals surface area contributed by atoms with Gasteiger partial charge in [0.1, 0.15) is 5.75 Å². The number of hydrogen-bond donors (Lipinski definition) is 2. The summed E-state index contributed by atoms with van der Waals surface area (Å²) in [5, 5.41) is 20.7. The van der Waals surface area contributed by atoms with Crippen LogP contribution in [0.3, 0.4) is 0 Å². The largest absolute Gasteiger partial charge is 0.508 e. The van der Waals surface area contributed by atoms with Gasteiger partial charge in [0.15, 0.2) is 0 Å². The Bertz CT molecular complexity index is 660. The SMILES string of the molecule is CN(C(=O)Nc1cccc(C#N)c1)c1ccc(O)cc1. The van der Waals surface area contributed by atoms with Crippen molar-refractivity contribution in [2.45, 2.75) is 0 Å². The van der Waals surface area contributed by atoms with E-state index in [1.165, 1.54) is 17.0 Å². The van der Waals surface area contributed by atoms with Crippen LogP contribution >= 0.6 is 0 Å². The molecule has 0 saturated heterocycles. The van der Waals surface area contributed by atoms with Crippen molar-refractivity contribution in [1.29, 1.82) is 5.26 Å². The number of nitrogens with one attached hydrogen (secondary N) is 1. The Balaban J connectivity index is 2.11. The molecule has 0 spiro atoms. The van der Waals surface area contributed by atoms with Crippen LogP contribution in [-0.4, -0.2) is 18.2 Å². The van der Waals surface area contributed by atoms with Crippen LogP contribution < -0.4 is 10.2 Å². The zero-order valence-electron chi connectivity index (χ0n) is 10.9. The number of carbonyl (C=O) groups excluding carboxylic acids is 1. The standard InChI is InChI=1S/C15H13N3O2/c1-18(13-5-7-14(19)8-6-13)15(20)17-12-4-2-3-11(9-12)10-16/h2-9,19H,1H3,(H,17,20). The molecule has 0 fully saturated rings. The van der Waals surface area contributed by atoms with Crippen molar-refractivity contribution in [1.82, 2.24) is 0 Å². The zero-order chi connectivity index (χ0) is 14.5. The fraction of sp³-hybridized carbons (Fsp3) is 0.0667. The fourth-order valence-corrected chi connectivity index (χ4v) is 1.67. The molecule has 2 rings (SSSR count). The first-order chi connectivity index (χ1) is 9.60. The third-order valence-electron chi connectivity index (χ3n) is 2.78. The van der Waals surface area contributed by atoms with E-state index in [2.05, 4.69) is 5.32 Å². The highest BCUT2D eigenvalue weighted by atomic mass is 16.3. The highest BCUT2D eigenvalue weighted by Crippen LogP contribution is 2.18. The van der Waals surface area contributed by atoms with Gasteiger partial charge in [0, 0.05) is 18.4 Å². The molecule has 2 aromatic rings. The van der Waals surface area contributed by atoms with Crippen LogP contribution in [0, 0.1) is 11.3 Å². The molecule has 0 atom stereocenters. The molecule has 2 aromatic carbocycles. The summed E-state index contributed by atoms with van der Waals surface area (Å²) in [6.45, 7) is 0. The Labute approximate surface area is 116 Å². The van der Waals surface area contributed by atoms with Crippen molar-refractivity contribution in [3.8, 4) is 11.8 Å². The van der Waals surface area contributed by atoms with Gasteiger partial charge < -0.3 is 10.4 Å². The Morgan fingerprint density at radius 2 is 1.95 bits per heavy atom. The minimum absolute atomic E-state index is 0.143. The first-order valence-corrected chi connectivity index (χ1v) is 5.94. The average Bonchev–Trinajstić information content (AvgIpc) is 2.47. The van der Waals surface area contributed by atoms with E-state index in [-0.39, 0.29) is 11.8 Å². The van der Waals surface area contributed by atoms with E-state index in [4.69, 9.17) is 5.26 Å². The Kier molecular flexibility index (Phi) is 3.87. The molecule has 0 heterocycles. The van der Waals surface area contributed by atoms with Gasteiger partial charge in [-0.15, -0.1) is 0 Å². The molecule has 0 aliphatic rings. The summed E-state index contributed by atoms with van der Waals surface area (Å²) >= 11 is 0. The zero-order valence-corrected chi connectivity index (χ0v) is 10.9. The van der Waals surface area contributed by atoms with Gasteiger partial charge in [0.2, 0.25) is 0 Å². The molecule has 0 aromatic heterocycles. The molecular formula is C15H13N3O2. The van der Waals surface area contributed by atoms with Crippen LogP contribution in [0.4, 0.5) is 16.2 Å². The highest BCUT2D eigenvalue weighted by Gasteiger charge is 2.11. The number of nitriles is 1. The maximum absolute atomic E-state index is 12.1. The van der Waals surface area contributed by atoms with Crippen LogP contribution in [0.5, 0.6) is 5.75 Å². The first kappa shape index (κ1) is 13.4. The average molecular weight is 267 g/mol. The summed E-state index contributed by atoms with van der Waals surface area (Å²) in [7, 11) is 1.62. The predicted molar refractivity (Wildman–Crippen MR) is 76.7 cm³/mol. The van der Waals surface area contributed by atoms with Gasteiger partial charge in [0.25, 0.3) is 0 Å². The number of rotatable bonds is 2. The third-order valence-corrected chi connectivity index (χ3v) is 2.78. The van der Waals surface area contributed by atoms with Crippen LogP contribution in [0.15, 0.2) is 48.5 Å². The van der Waals surface area contributed by atoms with E-state index in [0.717, 1.165) is 0 Å². The van der Waals surface area contributed by atoms with E-state index in [1.807, 2.05) is 6.07 Å². The van der Waals surface area contributed by atoms with Gasteiger partial charge in [0.05, 0.1) is 11.6 Å². The maximum Gasteiger partial charge on any atom is 0.326 e. The van der Waals surface area contributed by atoms with E-state index in [1.54, 1.807) is 43.4 Å². The lowest BCUT2D eigenvalue weighted by molar-refractivity contribution is 0.258. The number of benzene rings is 2. The van der Waals surface area contributed by atoms with Crippen molar-refractivity contribution >= 4 is 17.4 Å². The van der Waals surface area contributed by atoms with Crippen molar-refractivity contribution < 1.29 is 9.90 Å². The van der Waals surface area contributed by atoms with Crippen molar-refractivity contribution in [2.75, 3.05) is 17.3 Å². The lowest BCUT2D eigenvalue weighted by Crippen LogP contribution is -2.31. The number of amides is 2. The van der Waals surface area contributed by atoms with Gasteiger partial charge in [-0.25, -0.2) is 4.79 Å². The molecule has 0 aliphatic carbocycles. The van der Waals surface area contributed by atoms with E-state index in [9.17, 15) is 9.90 Å². The monoisotopic (exact) mass is 267 g/mol. The highest BCUT2D eigenvalue weighted by molar-refractivity contribution is 6.01. The molecule has 2 amide bonds. The summed E-state index contributed by atoms with van der Waals surface area (Å²) in [6.07, 6.45) is 0. The molecule has 100 valence electrons. The third kappa shape index (κ3) is 3.06. The molecule has 0 saturated carbocycles. The van der Waals surface area contributed by atoms with E-state index < -0.39 is 0 Å². The summed E-state index contributed by atoms with van der Waals surface area (Å²) in [5.41, 5.74) is 1.69. The lowest BCUT2D eigenvalue weighted by Gasteiger charge is -2.18. The minimum Gasteiger partial charge on any atom is -0.508 e. The molecule has 0 aliphatic heterocycles. The number of urea groups is 1. The number of anilines is 2. The smallest absolute Gasteiger partial charge is 0.326 e. The number of aromatic hydroxyl groups is 1. The fourth-order valence-electron chi connectivity index (χ4n) is 1.67. The van der Waals surface area contributed by atoms with E-state index >= 15 is 0 Å². The van der Waals surface area contributed by atoms with Crippen LogP contribution in [0.2, 0.25) is 0 Å². The van der Waals surface area contributed by atoms with Crippen LogP contribution in [0.25, 0.3) is 0 Å². The van der Waals surface area contributed by atoms with Gasteiger partial charge in [-0.05, 0) is 42.5 Å². The second kappa shape index (κ2) is 5.76. The number of hydrogen-bond acceptors (Lipinski definition) is 3. The Hall–Kier alpha value is -3.00. The van der Waals surface area contributed by atoms with Gasteiger partial charge >= 0.3 is 6.03 Å². The topological polar surface area (TPSA) is 76.4 Å². The summed E-state index contributed by atoms with van der Waals surface area (Å²) in [6, 6.07) is 14.7. The van der Waals surface area contributed by atoms with Gasteiger partial charge in [-0.3, -0.25) is 4.90 Å². The molecular weight excluding hydrogens is 254 g/mol. The maximum atomic E-state index is 12.1. The van der Waals surface area contributed by atoms with Crippen molar-refractivity contribution in [3.63, 3.8) is 0 Å². The molecule has 0 unspecified atom stereocenters. The molecule has 5 nitrogen and oxygen atoms in total. The van der Waals surface area contributed by atoms with Crippen molar-refractivity contribution in [2.24, 2.45) is 0 Å². The Morgan fingerprint density at radius 1 is 1.25 bits per heavy atom. The van der Waals surface area contributed by atoms with Gasteiger partial charge in [-0.1, -0.05) is 6.07 Å². The number of nitrogens with zero attached hydrogens (tertiary/aromatic N) is 2. The summed E-state index contributed by atoms with van der Waals surface area (Å²) in [5.74, 6) is 0.143. The molecule has 0 bridgehead atoms. The number of phenolic OH excluding ortho intramolecular Hbond substituents is 1. The predicted octanol–water partition coefficient (Wildman–Crippen LogP) is 2.93. The quantitative estimate of drug-likeness (QED) is 0.878. The molecule has 20 heavy (non-hydrogen) atoms. The molecule has 5 heteroatoms. The number of carbonyl (C=O) groups is 1. The Morgan fingerprint density at radius 3 is 2.60 bits per heavy atom. The minimum atomic E-state index is -0.328. The summed E-state index contributed by atoms with van der Waals surface area (Å²) < 4.78 is 0. The first-order valence-electron chi connectivity index (χ1n) is 5.94. The normalized spacial score (nSPS) is 9.60. The molecule has 2 N–H and O–H groups in total. The lowest BCUT2D eigenvalue weighted by atomic mass is 10.2. The van der Waals surface area contributed by atoms with Gasteiger partial charge in [-0.2, -0.15) is 5.26 Å². The van der Waals surface area contributed by atoms with Crippen LogP contribution in [-0.2, 0) is 0 Å². The van der Waals surface area contributed by atoms with Crippen molar-refractivity contribution in [3.05, 3.63) is 54.1 Å².